The molecule has 0 heterocycles. The molecular formula is C14H11ClFNO4. The molecule has 0 saturated heterocycles. The van der Waals surface area contributed by atoms with E-state index in [1.807, 2.05) is 0 Å². The predicted molar refractivity (Wildman–Crippen MR) is 75.0 cm³/mol. The first-order valence-corrected chi connectivity index (χ1v) is 6.36. The van der Waals surface area contributed by atoms with Crippen molar-refractivity contribution in [2.75, 3.05) is 6.61 Å². The lowest BCUT2D eigenvalue weighted by atomic mass is 10.1. The van der Waals surface area contributed by atoms with Gasteiger partial charge in [0.2, 0.25) is 0 Å². The van der Waals surface area contributed by atoms with Gasteiger partial charge in [-0.15, -0.1) is 0 Å². The van der Waals surface area contributed by atoms with Gasteiger partial charge in [0, 0.05) is 11.6 Å². The zero-order valence-electron chi connectivity index (χ0n) is 10.7. The molecule has 0 radical (unpaired) electrons. The Balaban J connectivity index is 2.11. The number of ether oxygens (including phenoxy) is 1. The molecule has 7 heteroatoms. The summed E-state index contributed by atoms with van der Waals surface area (Å²) in [5.74, 6) is -0.500. The summed E-state index contributed by atoms with van der Waals surface area (Å²) in [5.41, 5.74) is -0.103. The first-order chi connectivity index (χ1) is 9.99. The minimum Gasteiger partial charge on any atom is -0.489 e. The van der Waals surface area contributed by atoms with Gasteiger partial charge in [-0.3, -0.25) is 10.1 Å². The molecule has 0 aliphatic heterocycles. The maximum Gasteiger partial charge on any atom is 0.273 e. The molecule has 1 unspecified atom stereocenters. The summed E-state index contributed by atoms with van der Waals surface area (Å²) in [6, 6.07) is 9.45. The summed E-state index contributed by atoms with van der Waals surface area (Å²) in [4.78, 5) is 10.1. The Morgan fingerprint density at radius 2 is 2.05 bits per heavy atom. The van der Waals surface area contributed by atoms with E-state index in [9.17, 15) is 19.6 Å². The van der Waals surface area contributed by atoms with Gasteiger partial charge in [-0.25, -0.2) is 4.39 Å². The molecule has 21 heavy (non-hydrogen) atoms. The standard InChI is InChI=1S/C14H11ClFNO4/c15-11-6-5-9(17(19)20)7-14(11)21-8-13(18)10-3-1-2-4-12(10)16/h1-7,13,18H,8H2. The smallest absolute Gasteiger partial charge is 0.273 e. The Hall–Kier alpha value is -2.18. The quantitative estimate of drug-likeness (QED) is 0.677. The zero-order valence-corrected chi connectivity index (χ0v) is 11.5. The van der Waals surface area contributed by atoms with Crippen LogP contribution in [0.3, 0.4) is 0 Å². The van der Waals surface area contributed by atoms with Crippen molar-refractivity contribution < 1.29 is 19.2 Å². The van der Waals surface area contributed by atoms with Gasteiger partial charge in [0.25, 0.3) is 5.69 Å². The van der Waals surface area contributed by atoms with Crippen molar-refractivity contribution in [1.82, 2.24) is 0 Å². The molecule has 0 aromatic heterocycles. The molecule has 2 rings (SSSR count). The fourth-order valence-electron chi connectivity index (χ4n) is 1.72. The molecule has 1 N–H and O–H groups in total. The third-order valence-electron chi connectivity index (χ3n) is 2.79. The molecule has 2 aromatic rings. The summed E-state index contributed by atoms with van der Waals surface area (Å²) < 4.78 is 18.7. The minimum atomic E-state index is -1.21. The van der Waals surface area contributed by atoms with Crippen molar-refractivity contribution in [2.24, 2.45) is 0 Å². The number of non-ortho nitro benzene ring substituents is 1. The molecule has 0 amide bonds. The van der Waals surface area contributed by atoms with Gasteiger partial charge in [-0.1, -0.05) is 29.8 Å². The third kappa shape index (κ3) is 3.68. The Morgan fingerprint density at radius 1 is 1.33 bits per heavy atom. The molecule has 1 atom stereocenters. The number of hydrogen-bond donors (Lipinski definition) is 1. The van der Waals surface area contributed by atoms with Crippen LogP contribution in [0.5, 0.6) is 5.75 Å². The number of nitro benzene ring substituents is 1. The van der Waals surface area contributed by atoms with Gasteiger partial charge < -0.3 is 9.84 Å². The van der Waals surface area contributed by atoms with E-state index in [1.165, 1.54) is 30.3 Å². The molecule has 2 aromatic carbocycles. The molecule has 0 saturated carbocycles. The number of benzene rings is 2. The highest BCUT2D eigenvalue weighted by Crippen LogP contribution is 2.30. The molecule has 0 aliphatic rings. The Morgan fingerprint density at radius 3 is 2.71 bits per heavy atom. The molecule has 0 spiro atoms. The van der Waals surface area contributed by atoms with Gasteiger partial charge in [0.1, 0.15) is 24.3 Å². The predicted octanol–water partition coefficient (Wildman–Crippen LogP) is 3.50. The van der Waals surface area contributed by atoms with E-state index in [2.05, 4.69) is 0 Å². The van der Waals surface area contributed by atoms with E-state index in [4.69, 9.17) is 16.3 Å². The van der Waals surface area contributed by atoms with Gasteiger partial charge in [0.15, 0.2) is 0 Å². The summed E-state index contributed by atoms with van der Waals surface area (Å²) in [6.45, 7) is -0.276. The minimum absolute atomic E-state index is 0.0567. The van der Waals surface area contributed by atoms with Crippen LogP contribution in [-0.2, 0) is 0 Å². The average molecular weight is 312 g/mol. The Labute approximate surface area is 124 Å². The molecular weight excluding hydrogens is 301 g/mol. The first-order valence-electron chi connectivity index (χ1n) is 5.98. The molecule has 0 bridgehead atoms. The molecule has 0 aliphatic carbocycles. The Kier molecular flexibility index (Phi) is 4.72. The SMILES string of the molecule is O=[N+]([O-])c1ccc(Cl)c(OCC(O)c2ccccc2F)c1. The van der Waals surface area contributed by atoms with Gasteiger partial charge in [0.05, 0.1) is 16.0 Å². The number of halogens is 2. The van der Waals surface area contributed by atoms with Gasteiger partial charge >= 0.3 is 0 Å². The lowest BCUT2D eigenvalue weighted by molar-refractivity contribution is -0.384. The number of aliphatic hydroxyl groups is 1. The second-order valence-corrected chi connectivity index (χ2v) is 4.63. The van der Waals surface area contributed by atoms with Crippen LogP contribution in [0.4, 0.5) is 10.1 Å². The van der Waals surface area contributed by atoms with Crippen LogP contribution >= 0.6 is 11.6 Å². The lowest BCUT2D eigenvalue weighted by Crippen LogP contribution is -2.11. The van der Waals surface area contributed by atoms with E-state index >= 15 is 0 Å². The van der Waals surface area contributed by atoms with Crippen molar-refractivity contribution in [2.45, 2.75) is 6.10 Å². The van der Waals surface area contributed by atoms with E-state index in [0.717, 1.165) is 6.07 Å². The second-order valence-electron chi connectivity index (χ2n) is 4.22. The van der Waals surface area contributed by atoms with Crippen molar-refractivity contribution in [3.8, 4) is 5.75 Å². The third-order valence-corrected chi connectivity index (χ3v) is 3.10. The number of hydrogen-bond acceptors (Lipinski definition) is 4. The van der Waals surface area contributed by atoms with Crippen LogP contribution < -0.4 is 4.74 Å². The Bertz CT molecular complexity index is 665. The maximum atomic E-state index is 13.5. The van der Waals surface area contributed by atoms with E-state index in [0.29, 0.717) is 0 Å². The number of rotatable bonds is 5. The second kappa shape index (κ2) is 6.51. The summed E-state index contributed by atoms with van der Waals surface area (Å²) >= 11 is 5.86. The van der Waals surface area contributed by atoms with Gasteiger partial charge in [-0.2, -0.15) is 0 Å². The summed E-state index contributed by atoms with van der Waals surface area (Å²) in [6.07, 6.45) is -1.21. The van der Waals surface area contributed by atoms with Crippen LogP contribution in [0.1, 0.15) is 11.7 Å². The topological polar surface area (TPSA) is 72.6 Å². The highest BCUT2D eigenvalue weighted by molar-refractivity contribution is 6.32. The molecule has 0 fully saturated rings. The van der Waals surface area contributed by atoms with E-state index < -0.39 is 16.8 Å². The van der Waals surface area contributed by atoms with Crippen LogP contribution in [0.15, 0.2) is 42.5 Å². The van der Waals surface area contributed by atoms with Crippen LogP contribution in [0.25, 0.3) is 0 Å². The van der Waals surface area contributed by atoms with E-state index in [1.54, 1.807) is 6.07 Å². The highest BCUT2D eigenvalue weighted by atomic mass is 35.5. The van der Waals surface area contributed by atoms with Crippen LogP contribution in [0.2, 0.25) is 5.02 Å². The first kappa shape index (κ1) is 15.2. The fourth-order valence-corrected chi connectivity index (χ4v) is 1.89. The van der Waals surface area contributed by atoms with E-state index in [-0.39, 0.29) is 28.6 Å². The maximum absolute atomic E-state index is 13.5. The average Bonchev–Trinajstić information content (AvgIpc) is 2.46. The normalized spacial score (nSPS) is 12.0. The van der Waals surface area contributed by atoms with Crippen molar-refractivity contribution in [3.05, 3.63) is 69.0 Å². The molecule has 110 valence electrons. The fraction of sp³-hybridized carbons (Fsp3) is 0.143. The van der Waals surface area contributed by atoms with Crippen LogP contribution in [-0.4, -0.2) is 16.6 Å². The summed E-state index contributed by atoms with van der Waals surface area (Å²) in [5, 5.41) is 20.7. The number of nitro groups is 1. The summed E-state index contributed by atoms with van der Waals surface area (Å²) in [7, 11) is 0. The monoisotopic (exact) mass is 311 g/mol. The number of nitrogens with zero attached hydrogens (tertiary/aromatic N) is 1. The highest BCUT2D eigenvalue weighted by Gasteiger charge is 2.15. The largest absolute Gasteiger partial charge is 0.489 e. The van der Waals surface area contributed by atoms with Crippen LogP contribution in [0, 0.1) is 15.9 Å². The number of aliphatic hydroxyl groups excluding tert-OH is 1. The van der Waals surface area contributed by atoms with Crippen molar-refractivity contribution in [1.29, 1.82) is 0 Å². The van der Waals surface area contributed by atoms with Gasteiger partial charge in [-0.05, 0) is 12.1 Å². The zero-order chi connectivity index (χ0) is 15.4. The van der Waals surface area contributed by atoms with Crippen molar-refractivity contribution in [3.63, 3.8) is 0 Å². The lowest BCUT2D eigenvalue weighted by Gasteiger charge is -2.14. The molecule has 5 nitrogen and oxygen atoms in total. The van der Waals surface area contributed by atoms with Crippen molar-refractivity contribution >= 4 is 17.3 Å².